The fourth-order valence-corrected chi connectivity index (χ4v) is 1.65. The number of thiophene rings is 1. The molecule has 0 atom stereocenters. The maximum atomic E-state index is 9.48. The lowest BCUT2D eigenvalue weighted by molar-refractivity contribution is 0.514. The van der Waals surface area contributed by atoms with Crippen LogP contribution in [0.1, 0.15) is 4.88 Å². The van der Waals surface area contributed by atoms with Gasteiger partial charge in [0, 0.05) is 6.08 Å². The molecule has 1 aromatic rings. The summed E-state index contributed by atoms with van der Waals surface area (Å²) in [5.74, 6) is 0.254. The number of thioether (sulfide) groups is 1. The van der Waals surface area contributed by atoms with Crippen molar-refractivity contribution in [2.24, 2.45) is 0 Å². The van der Waals surface area contributed by atoms with E-state index in [1.54, 1.807) is 6.08 Å². The van der Waals surface area contributed by atoms with Gasteiger partial charge in [-0.1, -0.05) is 18.3 Å². The van der Waals surface area contributed by atoms with Crippen LogP contribution in [0.4, 0.5) is 0 Å². The van der Waals surface area contributed by atoms with Crippen LogP contribution in [-0.4, -0.2) is 15.6 Å². The summed E-state index contributed by atoms with van der Waals surface area (Å²) in [6.45, 7) is 0. The van der Waals surface area contributed by atoms with Crippen molar-refractivity contribution in [1.82, 2.24) is 0 Å². The SMILES string of the molecule is CSC(=S)/C=C(\O)c1cccs1. The van der Waals surface area contributed by atoms with Crippen molar-refractivity contribution in [3.63, 3.8) is 0 Å². The number of hydrogen-bond acceptors (Lipinski definition) is 4. The van der Waals surface area contributed by atoms with Gasteiger partial charge in [0.1, 0.15) is 5.76 Å². The molecule has 1 nitrogen and oxygen atoms in total. The van der Waals surface area contributed by atoms with E-state index in [-0.39, 0.29) is 5.76 Å². The Labute approximate surface area is 85.1 Å². The van der Waals surface area contributed by atoms with Crippen LogP contribution in [-0.2, 0) is 0 Å². The second-order valence-corrected chi connectivity index (χ2v) is 4.52. The first-order valence-corrected chi connectivity index (χ1v) is 5.78. The molecule has 1 heterocycles. The highest BCUT2D eigenvalue weighted by Crippen LogP contribution is 2.18. The van der Waals surface area contributed by atoms with Crippen LogP contribution in [0.2, 0.25) is 0 Å². The van der Waals surface area contributed by atoms with Gasteiger partial charge in [-0.25, -0.2) is 0 Å². The molecular weight excluding hydrogens is 208 g/mol. The summed E-state index contributed by atoms with van der Waals surface area (Å²) in [6.07, 6.45) is 3.49. The molecule has 0 unspecified atom stereocenters. The minimum absolute atomic E-state index is 0.254. The molecular formula is C8H8OS3. The minimum Gasteiger partial charge on any atom is -0.506 e. The molecule has 4 heteroatoms. The molecule has 0 saturated heterocycles. The van der Waals surface area contributed by atoms with E-state index in [9.17, 15) is 5.11 Å². The molecule has 1 rings (SSSR count). The summed E-state index contributed by atoms with van der Waals surface area (Å²) in [4.78, 5) is 0.853. The summed E-state index contributed by atoms with van der Waals surface area (Å²) in [5.41, 5.74) is 0. The molecule has 0 saturated carbocycles. The molecule has 12 heavy (non-hydrogen) atoms. The van der Waals surface area contributed by atoms with Crippen molar-refractivity contribution in [1.29, 1.82) is 0 Å². The molecule has 64 valence electrons. The topological polar surface area (TPSA) is 20.2 Å². The maximum absolute atomic E-state index is 9.48. The minimum atomic E-state index is 0.254. The number of aliphatic hydroxyl groups excluding tert-OH is 1. The Kier molecular flexibility index (Phi) is 3.78. The monoisotopic (exact) mass is 216 g/mol. The van der Waals surface area contributed by atoms with Crippen LogP contribution in [0.15, 0.2) is 23.6 Å². The Hall–Kier alpha value is -0.320. The van der Waals surface area contributed by atoms with Gasteiger partial charge in [-0.15, -0.1) is 23.1 Å². The van der Waals surface area contributed by atoms with Crippen LogP contribution in [0.3, 0.4) is 0 Å². The zero-order valence-corrected chi connectivity index (χ0v) is 8.93. The highest BCUT2D eigenvalue weighted by Gasteiger charge is 1.99. The lowest BCUT2D eigenvalue weighted by Crippen LogP contribution is -1.83. The lowest BCUT2D eigenvalue weighted by Gasteiger charge is -1.94. The molecule has 0 bridgehead atoms. The quantitative estimate of drug-likeness (QED) is 0.465. The molecule has 0 aromatic carbocycles. The number of hydrogen-bond donors (Lipinski definition) is 1. The Balaban J connectivity index is 2.77. The fourth-order valence-electron chi connectivity index (χ4n) is 0.666. The molecule has 0 aliphatic rings. The average Bonchev–Trinajstić information content (AvgIpc) is 2.56. The Morgan fingerprint density at radius 2 is 2.50 bits per heavy atom. The van der Waals surface area contributed by atoms with Gasteiger partial charge < -0.3 is 5.11 Å². The molecule has 0 aliphatic heterocycles. The Morgan fingerprint density at radius 3 is 3.00 bits per heavy atom. The zero-order valence-electron chi connectivity index (χ0n) is 6.48. The number of rotatable bonds is 2. The van der Waals surface area contributed by atoms with Gasteiger partial charge >= 0.3 is 0 Å². The van der Waals surface area contributed by atoms with Gasteiger partial charge in [-0.05, 0) is 17.7 Å². The van der Waals surface area contributed by atoms with Gasteiger partial charge in [-0.3, -0.25) is 0 Å². The maximum Gasteiger partial charge on any atom is 0.134 e. The van der Waals surface area contributed by atoms with Crippen LogP contribution in [0.25, 0.3) is 5.76 Å². The molecule has 0 amide bonds. The van der Waals surface area contributed by atoms with Crippen LogP contribution < -0.4 is 0 Å². The van der Waals surface area contributed by atoms with Crippen molar-refractivity contribution >= 4 is 45.3 Å². The highest BCUT2D eigenvalue weighted by atomic mass is 32.2. The first-order chi connectivity index (χ1) is 5.74. The average molecular weight is 216 g/mol. The molecule has 0 fully saturated rings. The molecule has 1 aromatic heterocycles. The van der Waals surface area contributed by atoms with E-state index in [0.29, 0.717) is 4.20 Å². The van der Waals surface area contributed by atoms with Gasteiger partial charge in [0.25, 0.3) is 0 Å². The largest absolute Gasteiger partial charge is 0.506 e. The van der Waals surface area contributed by atoms with E-state index in [2.05, 4.69) is 0 Å². The first-order valence-electron chi connectivity index (χ1n) is 3.26. The normalized spacial score (nSPS) is 11.6. The molecule has 0 radical (unpaired) electrons. The first kappa shape index (κ1) is 9.77. The Bertz CT molecular complexity index is 287. The third kappa shape index (κ3) is 2.62. The highest BCUT2D eigenvalue weighted by molar-refractivity contribution is 8.23. The van der Waals surface area contributed by atoms with Gasteiger partial charge in [0.15, 0.2) is 0 Å². The molecule has 1 N–H and O–H groups in total. The van der Waals surface area contributed by atoms with Crippen LogP contribution in [0, 0.1) is 0 Å². The smallest absolute Gasteiger partial charge is 0.134 e. The summed E-state index contributed by atoms with van der Waals surface area (Å²) in [6, 6.07) is 3.76. The second kappa shape index (κ2) is 4.64. The summed E-state index contributed by atoms with van der Waals surface area (Å²) >= 11 is 7.88. The van der Waals surface area contributed by atoms with E-state index in [4.69, 9.17) is 12.2 Å². The van der Waals surface area contributed by atoms with Crippen LogP contribution >= 0.6 is 35.3 Å². The van der Waals surface area contributed by atoms with Crippen molar-refractivity contribution in [2.45, 2.75) is 0 Å². The van der Waals surface area contributed by atoms with Gasteiger partial charge in [-0.2, -0.15) is 0 Å². The zero-order chi connectivity index (χ0) is 8.97. The number of thiocarbonyl (C=S) groups is 1. The van der Waals surface area contributed by atoms with Crippen molar-refractivity contribution in [3.8, 4) is 0 Å². The lowest BCUT2D eigenvalue weighted by atomic mass is 10.4. The van der Waals surface area contributed by atoms with Gasteiger partial charge in [0.2, 0.25) is 0 Å². The third-order valence-corrected chi connectivity index (χ3v) is 3.26. The van der Waals surface area contributed by atoms with E-state index in [0.717, 1.165) is 4.88 Å². The molecule has 0 aliphatic carbocycles. The third-order valence-electron chi connectivity index (χ3n) is 1.23. The van der Waals surface area contributed by atoms with E-state index >= 15 is 0 Å². The van der Waals surface area contributed by atoms with Crippen molar-refractivity contribution < 1.29 is 5.11 Å². The molecule has 0 spiro atoms. The summed E-state index contributed by atoms with van der Waals surface area (Å²) in [7, 11) is 0. The standard InChI is InChI=1S/C8H8OS3/c1-11-8(10)5-6(9)7-3-2-4-12-7/h2-5,9H,1H3/b6-5-. The van der Waals surface area contributed by atoms with E-state index < -0.39 is 0 Å². The van der Waals surface area contributed by atoms with Crippen LogP contribution in [0.5, 0.6) is 0 Å². The van der Waals surface area contributed by atoms with Crippen molar-refractivity contribution in [2.75, 3.05) is 6.26 Å². The summed E-state index contributed by atoms with van der Waals surface area (Å²) < 4.78 is 0.695. The van der Waals surface area contributed by atoms with Gasteiger partial charge in [0.05, 0.1) is 9.07 Å². The van der Waals surface area contributed by atoms with Crippen molar-refractivity contribution in [3.05, 3.63) is 28.5 Å². The number of aliphatic hydroxyl groups is 1. The second-order valence-electron chi connectivity index (χ2n) is 2.03. The van der Waals surface area contributed by atoms with E-state index in [1.807, 2.05) is 23.8 Å². The van der Waals surface area contributed by atoms with E-state index in [1.165, 1.54) is 23.1 Å². The summed E-state index contributed by atoms with van der Waals surface area (Å²) in [5, 5.41) is 11.4. The predicted molar refractivity (Wildman–Crippen MR) is 61.0 cm³/mol. The predicted octanol–water partition coefficient (Wildman–Crippen LogP) is 3.34. The fraction of sp³-hybridized carbons (Fsp3) is 0.125. The Morgan fingerprint density at radius 1 is 1.75 bits per heavy atom.